The molecule has 23 heavy (non-hydrogen) atoms. The van der Waals surface area contributed by atoms with Gasteiger partial charge in [0.25, 0.3) is 0 Å². The van der Waals surface area contributed by atoms with Crippen LogP contribution < -0.4 is 0 Å². The van der Waals surface area contributed by atoms with Crippen molar-refractivity contribution in [2.24, 2.45) is 0 Å². The van der Waals surface area contributed by atoms with Crippen LogP contribution in [0.2, 0.25) is 13.3 Å². The molecule has 1 atom stereocenters. The second kappa shape index (κ2) is 12.3. The van der Waals surface area contributed by atoms with Crippen LogP contribution in [0.4, 0.5) is 0 Å². The molecule has 0 saturated carbocycles. The van der Waals surface area contributed by atoms with Crippen LogP contribution in [0.15, 0.2) is 0 Å². The summed E-state index contributed by atoms with van der Waals surface area (Å²) < 4.78 is 17.9. The normalized spacial score (nSPS) is 23.0. The van der Waals surface area contributed by atoms with E-state index in [1.807, 2.05) is 0 Å². The van der Waals surface area contributed by atoms with E-state index >= 15 is 0 Å². The standard InChI is InChI=1S/C7H15O2Si.3C4H9.Sn/c1-2-9-10-7-5-3-4-6-8-7;3*1-3-4-2;/h2-6,10H2,1H3;3*1,3-4H2,2H3;. The van der Waals surface area contributed by atoms with Gasteiger partial charge in [-0.15, -0.1) is 0 Å². The first-order valence-electron chi connectivity index (χ1n) is 10.4. The van der Waals surface area contributed by atoms with Crippen LogP contribution in [-0.2, 0) is 9.16 Å². The van der Waals surface area contributed by atoms with E-state index in [0.29, 0.717) is 3.24 Å². The van der Waals surface area contributed by atoms with Gasteiger partial charge in [-0.05, 0) is 0 Å². The SMILES string of the molecule is CCC[CH2][Sn]([CH2]CCC)([CH2]CCC)[C]1([SiH2]OCC)CCCCO1. The Morgan fingerprint density at radius 3 is 1.87 bits per heavy atom. The van der Waals surface area contributed by atoms with Crippen molar-refractivity contribution < 1.29 is 9.16 Å². The van der Waals surface area contributed by atoms with Crippen LogP contribution in [0.1, 0.15) is 85.5 Å². The van der Waals surface area contributed by atoms with Gasteiger partial charge in [0.05, 0.1) is 0 Å². The van der Waals surface area contributed by atoms with Crippen molar-refractivity contribution in [1.29, 1.82) is 0 Å². The van der Waals surface area contributed by atoms with Gasteiger partial charge >= 0.3 is 153 Å². The summed E-state index contributed by atoms with van der Waals surface area (Å²) in [5.41, 5.74) is 0. The van der Waals surface area contributed by atoms with Crippen molar-refractivity contribution >= 4 is 28.1 Å². The molecular formula is C19H42O2SiSn. The van der Waals surface area contributed by atoms with Gasteiger partial charge < -0.3 is 0 Å². The molecule has 0 spiro atoms. The zero-order chi connectivity index (χ0) is 17.0. The van der Waals surface area contributed by atoms with Gasteiger partial charge in [-0.25, -0.2) is 0 Å². The molecule has 2 nitrogen and oxygen atoms in total. The molecule has 1 aliphatic rings. The predicted octanol–water partition coefficient (Wildman–Crippen LogP) is 5.39. The molecule has 0 radical (unpaired) electrons. The zero-order valence-corrected chi connectivity index (χ0v) is 20.7. The fourth-order valence-corrected chi connectivity index (χ4v) is 31.0. The van der Waals surface area contributed by atoms with Crippen molar-refractivity contribution in [3.8, 4) is 0 Å². The minimum atomic E-state index is -2.36. The molecule has 1 fully saturated rings. The van der Waals surface area contributed by atoms with Crippen LogP contribution in [0.25, 0.3) is 0 Å². The van der Waals surface area contributed by atoms with E-state index in [0.717, 1.165) is 13.2 Å². The number of rotatable bonds is 13. The maximum atomic E-state index is 6.75. The number of hydrogen-bond donors (Lipinski definition) is 0. The first-order chi connectivity index (χ1) is 11.2. The summed E-state index contributed by atoms with van der Waals surface area (Å²) in [6.07, 6.45) is 12.4. The predicted molar refractivity (Wildman–Crippen MR) is 108 cm³/mol. The van der Waals surface area contributed by atoms with Crippen LogP contribution in [0.5, 0.6) is 0 Å². The van der Waals surface area contributed by atoms with Crippen molar-refractivity contribution in [3.05, 3.63) is 0 Å². The van der Waals surface area contributed by atoms with E-state index in [4.69, 9.17) is 9.16 Å². The third-order valence-electron chi connectivity index (χ3n) is 5.89. The summed E-state index contributed by atoms with van der Waals surface area (Å²) in [4.78, 5) is 0. The average Bonchev–Trinajstić information content (AvgIpc) is 2.60. The quantitative estimate of drug-likeness (QED) is 0.351. The molecule has 0 aromatic carbocycles. The molecule has 0 bridgehead atoms. The van der Waals surface area contributed by atoms with Crippen LogP contribution in [0, 0.1) is 0 Å². The maximum absolute atomic E-state index is 6.75. The number of unbranched alkanes of at least 4 members (excludes halogenated alkanes) is 3. The van der Waals surface area contributed by atoms with Gasteiger partial charge in [-0.3, -0.25) is 0 Å². The summed E-state index contributed by atoms with van der Waals surface area (Å²) in [5, 5.41) is 0. The Morgan fingerprint density at radius 1 is 0.913 bits per heavy atom. The Bertz CT molecular complexity index is 271. The molecule has 0 aliphatic carbocycles. The molecule has 0 N–H and O–H groups in total. The van der Waals surface area contributed by atoms with E-state index in [1.165, 1.54) is 57.8 Å². The minimum absolute atomic E-state index is 0.322. The van der Waals surface area contributed by atoms with E-state index in [-0.39, 0.29) is 0 Å². The van der Waals surface area contributed by atoms with Gasteiger partial charge in [0.15, 0.2) is 0 Å². The fraction of sp³-hybridized carbons (Fsp3) is 1.00. The molecule has 0 amide bonds. The number of hydrogen-bond acceptors (Lipinski definition) is 2. The van der Waals surface area contributed by atoms with Gasteiger partial charge in [0, 0.05) is 0 Å². The second-order valence-electron chi connectivity index (χ2n) is 7.53. The monoisotopic (exact) mass is 450 g/mol. The second-order valence-corrected chi connectivity index (χ2v) is 25.6. The van der Waals surface area contributed by atoms with E-state index in [2.05, 4.69) is 27.7 Å². The Kier molecular flexibility index (Phi) is 11.8. The molecule has 1 saturated heterocycles. The molecule has 1 unspecified atom stereocenters. The first-order valence-corrected chi connectivity index (χ1v) is 19.2. The topological polar surface area (TPSA) is 18.5 Å². The number of ether oxygens (including phenoxy) is 1. The molecule has 0 aromatic rings. The van der Waals surface area contributed by atoms with Gasteiger partial charge in [0.2, 0.25) is 0 Å². The van der Waals surface area contributed by atoms with E-state index < -0.39 is 28.1 Å². The summed E-state index contributed by atoms with van der Waals surface area (Å²) in [5.74, 6) is 0. The van der Waals surface area contributed by atoms with Crippen molar-refractivity contribution in [3.63, 3.8) is 0 Å². The molecule has 0 aromatic heterocycles. The van der Waals surface area contributed by atoms with Gasteiger partial charge in [0.1, 0.15) is 0 Å². The Labute approximate surface area is 152 Å². The van der Waals surface area contributed by atoms with Crippen LogP contribution in [-0.4, -0.2) is 44.6 Å². The van der Waals surface area contributed by atoms with E-state index in [9.17, 15) is 0 Å². The summed E-state index contributed by atoms with van der Waals surface area (Å²) >= 11 is -2.36. The Morgan fingerprint density at radius 2 is 1.48 bits per heavy atom. The van der Waals surface area contributed by atoms with Crippen molar-refractivity contribution in [2.45, 2.75) is 102 Å². The van der Waals surface area contributed by atoms with Crippen LogP contribution in [0.3, 0.4) is 0 Å². The Balaban J connectivity index is 3.09. The molecule has 1 aliphatic heterocycles. The molecule has 1 heterocycles. The zero-order valence-electron chi connectivity index (χ0n) is 16.4. The molecule has 138 valence electrons. The van der Waals surface area contributed by atoms with Crippen LogP contribution >= 0.6 is 0 Å². The fourth-order valence-electron chi connectivity index (χ4n) is 4.41. The Hall–Kier alpha value is 0.936. The summed E-state index contributed by atoms with van der Waals surface area (Å²) in [7, 11) is -0.558. The van der Waals surface area contributed by atoms with Crippen molar-refractivity contribution in [1.82, 2.24) is 0 Å². The molecule has 4 heteroatoms. The summed E-state index contributed by atoms with van der Waals surface area (Å²) in [6.45, 7) is 11.2. The molecular weight excluding hydrogens is 407 g/mol. The molecule has 1 rings (SSSR count). The van der Waals surface area contributed by atoms with Gasteiger partial charge in [-0.1, -0.05) is 0 Å². The van der Waals surface area contributed by atoms with Gasteiger partial charge in [-0.2, -0.15) is 0 Å². The average molecular weight is 449 g/mol. The van der Waals surface area contributed by atoms with E-state index in [1.54, 1.807) is 13.3 Å². The third-order valence-corrected chi connectivity index (χ3v) is 31.7. The third kappa shape index (κ3) is 6.30. The van der Waals surface area contributed by atoms with Crippen molar-refractivity contribution in [2.75, 3.05) is 13.2 Å². The summed E-state index contributed by atoms with van der Waals surface area (Å²) in [6, 6.07) is 0. The first kappa shape index (κ1) is 22.0.